The van der Waals surface area contributed by atoms with Crippen molar-refractivity contribution in [2.75, 3.05) is 0 Å². The first-order chi connectivity index (χ1) is 7.90. The van der Waals surface area contributed by atoms with E-state index in [-0.39, 0.29) is 22.6 Å². The van der Waals surface area contributed by atoms with Crippen molar-refractivity contribution >= 4 is 21.9 Å². The predicted octanol–water partition coefficient (Wildman–Crippen LogP) is 1.38. The molecular weight excluding hydrogens is 290 g/mol. The van der Waals surface area contributed by atoms with Crippen LogP contribution in [0.2, 0.25) is 0 Å². The van der Waals surface area contributed by atoms with Gasteiger partial charge >= 0.3 is 5.97 Å². The van der Waals surface area contributed by atoms with Gasteiger partial charge in [-0.15, -0.1) is 0 Å². The Bertz CT molecular complexity index is 447. The lowest BCUT2D eigenvalue weighted by molar-refractivity contribution is -0.139. The number of hydrogen-bond acceptors (Lipinski definition) is 5. The number of aromatic hydroxyl groups is 2. The van der Waals surface area contributed by atoms with Crippen LogP contribution in [0.4, 0.5) is 0 Å². The van der Waals surface area contributed by atoms with Crippen LogP contribution in [-0.4, -0.2) is 22.2 Å². The van der Waals surface area contributed by atoms with Gasteiger partial charge in [-0.2, -0.15) is 0 Å². The summed E-state index contributed by atoms with van der Waals surface area (Å²) >= 11 is 2.88. The van der Waals surface area contributed by atoms with Crippen molar-refractivity contribution in [3.05, 3.63) is 35.0 Å². The summed E-state index contributed by atoms with van der Waals surface area (Å²) in [6, 6.07) is 3.36. The smallest absolute Gasteiger partial charge is 0.329 e. The van der Waals surface area contributed by atoms with E-state index in [2.05, 4.69) is 27.2 Å². The van der Waals surface area contributed by atoms with Gasteiger partial charge in [0.1, 0.15) is 6.04 Å². The summed E-state index contributed by atoms with van der Waals surface area (Å²) in [5.41, 5.74) is 6.22. The van der Waals surface area contributed by atoms with Crippen molar-refractivity contribution in [3.63, 3.8) is 0 Å². The Morgan fingerprint density at radius 3 is 2.65 bits per heavy atom. The Morgan fingerprint density at radius 2 is 2.12 bits per heavy atom. The Hall–Kier alpha value is -1.53. The Balaban J connectivity index is 2.67. The third-order valence-electron chi connectivity index (χ3n) is 2.01. The van der Waals surface area contributed by atoms with Gasteiger partial charge < -0.3 is 20.7 Å². The van der Waals surface area contributed by atoms with E-state index in [9.17, 15) is 9.90 Å². The van der Waals surface area contributed by atoms with Gasteiger partial charge in [-0.3, -0.25) is 0 Å². The first kappa shape index (κ1) is 13.5. The molecule has 0 spiro atoms. The monoisotopic (exact) mass is 301 g/mol. The molecule has 1 rings (SSSR count). The molecule has 1 atom stereocenters. The molecule has 0 saturated heterocycles. The molecule has 0 aliphatic carbocycles. The molecule has 0 bridgehead atoms. The van der Waals surface area contributed by atoms with E-state index < -0.39 is 12.0 Å². The maximum atomic E-state index is 11.4. The first-order valence-corrected chi connectivity index (χ1v) is 5.52. The number of hydrogen-bond donors (Lipinski definition) is 3. The minimum absolute atomic E-state index is 0.0894. The Morgan fingerprint density at radius 1 is 1.47 bits per heavy atom. The van der Waals surface area contributed by atoms with Crippen LogP contribution in [-0.2, 0) is 16.0 Å². The van der Waals surface area contributed by atoms with Crippen LogP contribution in [0.3, 0.4) is 0 Å². The number of nitrogens with two attached hydrogens (primary N) is 1. The van der Waals surface area contributed by atoms with Gasteiger partial charge in [-0.05, 0) is 46.6 Å². The molecule has 5 nitrogen and oxygen atoms in total. The number of carbonyl (C=O) groups is 1. The van der Waals surface area contributed by atoms with Gasteiger partial charge in [0.15, 0.2) is 16.2 Å². The molecule has 0 saturated carbocycles. The maximum absolute atomic E-state index is 11.4. The second kappa shape index (κ2) is 5.70. The van der Waals surface area contributed by atoms with E-state index >= 15 is 0 Å². The normalized spacial score (nSPS) is 11.9. The largest absolute Gasteiger partial charge is 0.504 e. The third-order valence-corrected chi connectivity index (χ3v) is 2.17. The highest BCUT2D eigenvalue weighted by Gasteiger charge is 2.17. The summed E-state index contributed by atoms with van der Waals surface area (Å²) in [4.78, 5) is 11.4. The topological polar surface area (TPSA) is 92.8 Å². The second-order valence-corrected chi connectivity index (χ2v) is 4.29. The summed E-state index contributed by atoms with van der Waals surface area (Å²) in [6.45, 7) is 3.36. The summed E-state index contributed by atoms with van der Waals surface area (Å²) in [5.74, 6) is -1.11. The molecular formula is C11H12BrNO4. The summed E-state index contributed by atoms with van der Waals surface area (Å²) < 4.78 is 4.77. The number of benzene rings is 1. The first-order valence-electron chi connectivity index (χ1n) is 4.72. The van der Waals surface area contributed by atoms with Crippen LogP contribution in [0.25, 0.3) is 0 Å². The SMILES string of the molecule is C=C(Br)OC(=O)[C@@H](N)Cc1ccc(O)c(O)c1. The fourth-order valence-corrected chi connectivity index (χ4v) is 1.38. The molecule has 17 heavy (non-hydrogen) atoms. The quantitative estimate of drug-likeness (QED) is 0.444. The van der Waals surface area contributed by atoms with Gasteiger partial charge in [0.2, 0.25) is 0 Å². The van der Waals surface area contributed by atoms with E-state index in [0.717, 1.165) is 0 Å². The fourth-order valence-electron chi connectivity index (χ4n) is 1.22. The molecule has 0 heterocycles. The number of carbonyl (C=O) groups excluding carboxylic acids is 1. The Labute approximate surface area is 107 Å². The van der Waals surface area contributed by atoms with Crippen molar-refractivity contribution < 1.29 is 19.7 Å². The lowest BCUT2D eigenvalue weighted by Crippen LogP contribution is -2.33. The van der Waals surface area contributed by atoms with Crippen LogP contribution in [0.15, 0.2) is 29.4 Å². The standard InChI is InChI=1S/C11H12BrNO4/c1-6(12)17-11(16)8(13)4-7-2-3-9(14)10(15)5-7/h2-3,5,8,14-15H,1,4,13H2/t8-/m0/s1. The number of ether oxygens (including phenoxy) is 1. The van der Waals surface area contributed by atoms with Crippen LogP contribution >= 0.6 is 15.9 Å². The number of phenols is 2. The van der Waals surface area contributed by atoms with Crippen LogP contribution < -0.4 is 5.73 Å². The number of halogens is 1. The highest BCUT2D eigenvalue weighted by Crippen LogP contribution is 2.25. The van der Waals surface area contributed by atoms with Crippen LogP contribution in [0.1, 0.15) is 5.56 Å². The molecule has 6 heteroatoms. The highest BCUT2D eigenvalue weighted by molar-refractivity contribution is 9.11. The minimum atomic E-state index is -0.867. The van der Waals surface area contributed by atoms with E-state index in [1.807, 2.05) is 0 Å². The molecule has 0 fully saturated rings. The Kier molecular flexibility index (Phi) is 4.53. The molecule has 0 amide bonds. The molecule has 1 aromatic rings. The highest BCUT2D eigenvalue weighted by atomic mass is 79.9. The number of rotatable bonds is 4. The lowest BCUT2D eigenvalue weighted by Gasteiger charge is -2.10. The van der Waals surface area contributed by atoms with E-state index in [1.54, 1.807) is 6.07 Å². The second-order valence-electron chi connectivity index (χ2n) is 3.41. The van der Waals surface area contributed by atoms with Crippen LogP contribution in [0, 0.1) is 0 Å². The lowest BCUT2D eigenvalue weighted by atomic mass is 10.1. The van der Waals surface area contributed by atoms with Gasteiger partial charge in [-0.25, -0.2) is 4.79 Å². The van der Waals surface area contributed by atoms with Crippen molar-refractivity contribution in [2.45, 2.75) is 12.5 Å². The van der Waals surface area contributed by atoms with Gasteiger partial charge in [0.25, 0.3) is 0 Å². The van der Waals surface area contributed by atoms with Gasteiger partial charge in [0.05, 0.1) is 0 Å². The molecule has 0 aliphatic rings. The summed E-state index contributed by atoms with van der Waals surface area (Å²) in [5, 5.41) is 18.4. The summed E-state index contributed by atoms with van der Waals surface area (Å²) in [6.07, 6.45) is 0.187. The van der Waals surface area contributed by atoms with Gasteiger partial charge in [0, 0.05) is 0 Å². The molecule has 0 aliphatic heterocycles. The number of esters is 1. The zero-order valence-corrected chi connectivity index (χ0v) is 10.5. The molecule has 1 aromatic carbocycles. The molecule has 4 N–H and O–H groups in total. The van der Waals surface area contributed by atoms with Crippen LogP contribution in [0.5, 0.6) is 11.5 Å². The zero-order valence-electron chi connectivity index (χ0n) is 8.89. The molecule has 92 valence electrons. The van der Waals surface area contributed by atoms with E-state index in [4.69, 9.17) is 10.8 Å². The maximum Gasteiger partial charge on any atom is 0.329 e. The van der Waals surface area contributed by atoms with Gasteiger partial charge in [-0.1, -0.05) is 6.07 Å². The third kappa shape index (κ3) is 4.08. The fraction of sp³-hybridized carbons (Fsp3) is 0.182. The molecule has 0 aromatic heterocycles. The van der Waals surface area contributed by atoms with Crippen molar-refractivity contribution in [1.29, 1.82) is 0 Å². The minimum Gasteiger partial charge on any atom is -0.504 e. The zero-order chi connectivity index (χ0) is 13.0. The molecule has 0 unspecified atom stereocenters. The summed E-state index contributed by atoms with van der Waals surface area (Å²) in [7, 11) is 0. The average Bonchev–Trinajstić information content (AvgIpc) is 2.22. The van der Waals surface area contributed by atoms with E-state index in [0.29, 0.717) is 5.56 Å². The van der Waals surface area contributed by atoms with Crippen molar-refractivity contribution in [3.8, 4) is 11.5 Å². The average molecular weight is 302 g/mol. The predicted molar refractivity (Wildman–Crippen MR) is 65.6 cm³/mol. The van der Waals surface area contributed by atoms with Crippen molar-refractivity contribution in [2.24, 2.45) is 5.73 Å². The van der Waals surface area contributed by atoms with Crippen molar-refractivity contribution in [1.82, 2.24) is 0 Å². The van der Waals surface area contributed by atoms with E-state index in [1.165, 1.54) is 12.1 Å². The number of phenolic OH excluding ortho intramolecular Hbond substituents is 2. The molecule has 0 radical (unpaired) electrons.